The zero-order valence-corrected chi connectivity index (χ0v) is 9.02. The van der Waals surface area contributed by atoms with Crippen LogP contribution < -0.4 is 0 Å². The number of hydrogen-bond donors (Lipinski definition) is 0. The molecule has 0 atom stereocenters. The Morgan fingerprint density at radius 1 is 1.38 bits per heavy atom. The van der Waals surface area contributed by atoms with Crippen LogP contribution in [-0.4, -0.2) is 5.67 Å². The predicted octanol–water partition coefficient (Wildman–Crippen LogP) is 4.20. The maximum absolute atomic E-state index is 13.4. The van der Waals surface area contributed by atoms with E-state index in [1.165, 1.54) is 19.4 Å². The molecule has 0 N–H and O–H groups in total. The Balaban J connectivity index is 4.69. The van der Waals surface area contributed by atoms with E-state index in [1.54, 1.807) is 12.2 Å². The molecule has 0 heterocycles. The zero-order chi connectivity index (χ0) is 10.5. The molecule has 0 amide bonds. The number of halogens is 1. The van der Waals surface area contributed by atoms with Crippen molar-refractivity contribution in [3.8, 4) is 0 Å². The van der Waals surface area contributed by atoms with E-state index in [4.69, 9.17) is 0 Å². The summed E-state index contributed by atoms with van der Waals surface area (Å²) in [6, 6.07) is 0. The molecule has 0 aromatic rings. The molecule has 0 aliphatic carbocycles. The molecule has 0 aliphatic heterocycles. The first kappa shape index (κ1) is 12.2. The number of hydrogen-bond acceptors (Lipinski definition) is 0. The smallest absolute Gasteiger partial charge is 0.130 e. The third kappa shape index (κ3) is 4.66. The van der Waals surface area contributed by atoms with Crippen molar-refractivity contribution in [2.75, 3.05) is 0 Å². The van der Waals surface area contributed by atoms with Crippen molar-refractivity contribution in [1.82, 2.24) is 0 Å². The minimum absolute atomic E-state index is 0.625. The molecule has 0 fully saturated rings. The topological polar surface area (TPSA) is 0 Å². The van der Waals surface area contributed by atoms with E-state index >= 15 is 0 Å². The summed E-state index contributed by atoms with van der Waals surface area (Å²) in [5.74, 6) is 0. The number of allylic oxidation sites excluding steroid dienone is 5. The minimum atomic E-state index is -1.30. The highest BCUT2D eigenvalue weighted by atomic mass is 19.1. The largest absolute Gasteiger partial charge is 0.239 e. The molecule has 0 aromatic carbocycles. The summed E-state index contributed by atoms with van der Waals surface area (Å²) >= 11 is 0. The molecule has 13 heavy (non-hydrogen) atoms. The van der Waals surface area contributed by atoms with Gasteiger partial charge in [-0.1, -0.05) is 37.3 Å². The van der Waals surface area contributed by atoms with Crippen LogP contribution in [0.25, 0.3) is 0 Å². The minimum Gasteiger partial charge on any atom is -0.239 e. The van der Waals surface area contributed by atoms with Crippen molar-refractivity contribution >= 4 is 0 Å². The molecule has 0 radical (unpaired) electrons. The molecule has 0 spiro atoms. The molecule has 1 heteroatoms. The van der Waals surface area contributed by atoms with Crippen molar-refractivity contribution in [3.05, 3.63) is 36.0 Å². The van der Waals surface area contributed by atoms with Crippen LogP contribution >= 0.6 is 0 Å². The first-order valence-electron chi connectivity index (χ1n) is 4.61. The summed E-state index contributed by atoms with van der Waals surface area (Å²) in [4.78, 5) is 0. The van der Waals surface area contributed by atoms with Gasteiger partial charge in [0.05, 0.1) is 0 Å². The van der Waals surface area contributed by atoms with Gasteiger partial charge in [0.1, 0.15) is 5.67 Å². The molecule has 0 unspecified atom stereocenters. The Bertz CT molecular complexity index is 226. The average Bonchev–Trinajstić information content (AvgIpc) is 2.02. The monoisotopic (exact) mass is 182 g/mol. The first-order chi connectivity index (χ1) is 5.91. The quantitative estimate of drug-likeness (QED) is 0.571. The van der Waals surface area contributed by atoms with Crippen molar-refractivity contribution in [3.63, 3.8) is 0 Å². The highest BCUT2D eigenvalue weighted by Gasteiger charge is 2.18. The van der Waals surface area contributed by atoms with Crippen LogP contribution in [0.2, 0.25) is 0 Å². The van der Waals surface area contributed by atoms with Gasteiger partial charge in [0, 0.05) is 0 Å². The Kier molecular flexibility index (Phi) is 4.68. The lowest BCUT2D eigenvalue weighted by Gasteiger charge is -2.14. The van der Waals surface area contributed by atoms with Gasteiger partial charge >= 0.3 is 0 Å². The molecule has 0 rings (SSSR count). The summed E-state index contributed by atoms with van der Waals surface area (Å²) < 4.78 is 13.4. The van der Waals surface area contributed by atoms with Gasteiger partial charge in [0.25, 0.3) is 0 Å². The Labute approximate surface area is 80.9 Å². The van der Waals surface area contributed by atoms with Gasteiger partial charge < -0.3 is 0 Å². The molecule has 0 bridgehead atoms. The summed E-state index contributed by atoms with van der Waals surface area (Å²) in [5, 5.41) is 0. The SMILES string of the molecule is C=C/C(=C\C=C(\C)CC)C(C)(C)F. The molecular weight excluding hydrogens is 163 g/mol. The van der Waals surface area contributed by atoms with E-state index in [0.717, 1.165) is 6.42 Å². The van der Waals surface area contributed by atoms with Crippen LogP contribution in [0.1, 0.15) is 34.1 Å². The normalized spacial score (nSPS) is 14.5. The van der Waals surface area contributed by atoms with Crippen LogP contribution in [0.4, 0.5) is 4.39 Å². The van der Waals surface area contributed by atoms with Crippen LogP contribution in [0.5, 0.6) is 0 Å². The van der Waals surface area contributed by atoms with E-state index in [0.29, 0.717) is 5.57 Å². The second-order valence-electron chi connectivity index (χ2n) is 3.67. The van der Waals surface area contributed by atoms with E-state index in [2.05, 4.69) is 13.5 Å². The highest BCUT2D eigenvalue weighted by molar-refractivity contribution is 5.30. The van der Waals surface area contributed by atoms with Gasteiger partial charge in [-0.25, -0.2) is 4.39 Å². The maximum atomic E-state index is 13.4. The van der Waals surface area contributed by atoms with Gasteiger partial charge in [0.15, 0.2) is 0 Å². The third-order valence-corrected chi connectivity index (χ3v) is 2.01. The Morgan fingerprint density at radius 2 is 1.92 bits per heavy atom. The van der Waals surface area contributed by atoms with Gasteiger partial charge in [-0.3, -0.25) is 0 Å². The molecule has 0 saturated carbocycles. The molecule has 0 aliphatic rings. The van der Waals surface area contributed by atoms with Gasteiger partial charge in [0.2, 0.25) is 0 Å². The van der Waals surface area contributed by atoms with Crippen molar-refractivity contribution in [2.24, 2.45) is 0 Å². The third-order valence-electron chi connectivity index (χ3n) is 2.01. The molecular formula is C12H19F. The fraction of sp³-hybridized carbons (Fsp3) is 0.500. The van der Waals surface area contributed by atoms with Crippen LogP contribution in [0, 0.1) is 0 Å². The summed E-state index contributed by atoms with van der Waals surface area (Å²) in [6.07, 6.45) is 6.30. The molecule has 0 nitrogen and oxygen atoms in total. The van der Waals surface area contributed by atoms with Gasteiger partial charge in [-0.05, 0) is 32.8 Å². The van der Waals surface area contributed by atoms with Gasteiger partial charge in [-0.2, -0.15) is 0 Å². The van der Waals surface area contributed by atoms with Crippen molar-refractivity contribution < 1.29 is 4.39 Å². The Morgan fingerprint density at radius 3 is 2.23 bits per heavy atom. The fourth-order valence-electron chi connectivity index (χ4n) is 0.859. The van der Waals surface area contributed by atoms with E-state index in [1.807, 2.05) is 13.0 Å². The lowest BCUT2D eigenvalue weighted by Crippen LogP contribution is -2.13. The fourth-order valence-corrected chi connectivity index (χ4v) is 0.859. The number of alkyl halides is 1. The van der Waals surface area contributed by atoms with Crippen LogP contribution in [0.15, 0.2) is 36.0 Å². The maximum Gasteiger partial charge on any atom is 0.130 e. The standard InChI is InChI=1S/C12H19F/c1-6-10(3)8-9-11(7-2)12(4,5)13/h7-9H,2,6H2,1,3-5H3/b10-8-,11-9+. The zero-order valence-electron chi connectivity index (χ0n) is 9.02. The first-order valence-corrected chi connectivity index (χ1v) is 4.61. The molecule has 0 saturated heterocycles. The summed E-state index contributed by atoms with van der Waals surface area (Å²) in [6.45, 7) is 10.8. The second kappa shape index (κ2) is 5.00. The average molecular weight is 182 g/mol. The Hall–Kier alpha value is -0.850. The van der Waals surface area contributed by atoms with E-state index in [-0.39, 0.29) is 0 Å². The molecule has 74 valence electrons. The van der Waals surface area contributed by atoms with E-state index in [9.17, 15) is 4.39 Å². The van der Waals surface area contributed by atoms with Crippen molar-refractivity contribution in [2.45, 2.75) is 39.8 Å². The van der Waals surface area contributed by atoms with Crippen LogP contribution in [-0.2, 0) is 0 Å². The number of rotatable bonds is 4. The predicted molar refractivity (Wildman–Crippen MR) is 57.5 cm³/mol. The lowest BCUT2D eigenvalue weighted by molar-refractivity contribution is 0.274. The highest BCUT2D eigenvalue weighted by Crippen LogP contribution is 2.21. The summed E-state index contributed by atoms with van der Waals surface area (Å²) in [7, 11) is 0. The lowest BCUT2D eigenvalue weighted by atomic mass is 9.99. The summed E-state index contributed by atoms with van der Waals surface area (Å²) in [5.41, 5.74) is 0.565. The van der Waals surface area contributed by atoms with E-state index < -0.39 is 5.67 Å². The van der Waals surface area contributed by atoms with Gasteiger partial charge in [-0.15, -0.1) is 0 Å². The van der Waals surface area contributed by atoms with Crippen LogP contribution in [0.3, 0.4) is 0 Å². The van der Waals surface area contributed by atoms with Crippen molar-refractivity contribution in [1.29, 1.82) is 0 Å². The molecule has 0 aromatic heterocycles. The second-order valence-corrected chi connectivity index (χ2v) is 3.67.